The number of amidine groups is 1. The van der Waals surface area contributed by atoms with E-state index in [2.05, 4.69) is 10.3 Å². The predicted molar refractivity (Wildman–Crippen MR) is 159 cm³/mol. The predicted octanol–water partition coefficient (Wildman–Crippen LogP) is 5.52. The van der Waals surface area contributed by atoms with E-state index in [9.17, 15) is 4.79 Å². The molecule has 0 atom stereocenters. The number of rotatable bonds is 12. The number of nitrogens with two attached hydrogens (primary N) is 2. The molecule has 0 aliphatic rings. The van der Waals surface area contributed by atoms with Gasteiger partial charge in [0.2, 0.25) is 23.1 Å². The number of hydrogen-bond donors (Lipinski definition) is 5. The normalized spacial score (nSPS) is 10.4. The van der Waals surface area contributed by atoms with Crippen molar-refractivity contribution in [1.82, 2.24) is 4.98 Å². The van der Waals surface area contributed by atoms with E-state index in [0.29, 0.717) is 5.69 Å². The Hall–Kier alpha value is -6.12. The van der Waals surface area contributed by atoms with Gasteiger partial charge in [-0.3, -0.25) is 10.8 Å². The molecule has 0 radical (unpaired) electrons. The lowest BCUT2D eigenvalue weighted by Gasteiger charge is -2.18. The molecule has 0 saturated heterocycles. The summed E-state index contributed by atoms with van der Waals surface area (Å²) in [5.41, 5.74) is 11.5. The van der Waals surface area contributed by atoms with Gasteiger partial charge in [0, 0.05) is 11.8 Å². The summed E-state index contributed by atoms with van der Waals surface area (Å²) in [5, 5.41) is 17.8. The highest BCUT2D eigenvalue weighted by molar-refractivity contribution is 5.97. The van der Waals surface area contributed by atoms with Crippen molar-refractivity contribution in [3.8, 4) is 46.3 Å². The maximum Gasteiger partial charge on any atom is 0.338 e. The van der Waals surface area contributed by atoms with Crippen LogP contribution in [0, 0.1) is 22.5 Å². The number of halogens is 2. The summed E-state index contributed by atoms with van der Waals surface area (Å²) in [6, 6.07) is 14.4. The van der Waals surface area contributed by atoms with Gasteiger partial charge in [0.15, 0.2) is 17.5 Å². The van der Waals surface area contributed by atoms with Crippen LogP contribution in [0.25, 0.3) is 0 Å². The minimum atomic E-state index is -1.40. The molecule has 13 nitrogen and oxygen atoms in total. The third-order valence-electron chi connectivity index (χ3n) is 5.86. The lowest BCUT2D eigenvalue weighted by molar-refractivity contribution is 0.0525. The lowest BCUT2D eigenvalue weighted by Crippen LogP contribution is -2.20. The van der Waals surface area contributed by atoms with Gasteiger partial charge in [-0.25, -0.2) is 4.79 Å². The highest BCUT2D eigenvalue weighted by atomic mass is 19.1. The van der Waals surface area contributed by atoms with E-state index in [-0.39, 0.29) is 58.3 Å². The Morgan fingerprint density at radius 3 is 2.09 bits per heavy atom. The summed E-state index contributed by atoms with van der Waals surface area (Å²) in [4.78, 5) is 16.3. The molecule has 0 spiro atoms. The molecule has 1 heterocycles. The Morgan fingerprint density at radius 2 is 1.49 bits per heavy atom. The van der Waals surface area contributed by atoms with Crippen LogP contribution in [0.2, 0.25) is 0 Å². The highest BCUT2D eigenvalue weighted by Crippen LogP contribution is 2.46. The van der Waals surface area contributed by atoms with Crippen LogP contribution in [0.4, 0.5) is 14.5 Å². The van der Waals surface area contributed by atoms with Gasteiger partial charge < -0.3 is 45.2 Å². The van der Waals surface area contributed by atoms with Crippen LogP contribution in [0.1, 0.15) is 22.8 Å². The quantitative estimate of drug-likeness (QED) is 0.0757. The zero-order chi connectivity index (χ0) is 32.7. The summed E-state index contributed by atoms with van der Waals surface area (Å²) >= 11 is 0. The van der Waals surface area contributed by atoms with Gasteiger partial charge >= 0.3 is 5.97 Å². The molecular weight excluding hydrogens is 594 g/mol. The van der Waals surface area contributed by atoms with E-state index < -0.39 is 35.1 Å². The average molecular weight is 623 g/mol. The second kappa shape index (κ2) is 13.9. The number of aromatic nitrogens is 1. The van der Waals surface area contributed by atoms with Crippen molar-refractivity contribution >= 4 is 23.5 Å². The van der Waals surface area contributed by atoms with Crippen molar-refractivity contribution in [2.45, 2.75) is 6.92 Å². The molecule has 45 heavy (non-hydrogen) atoms. The molecule has 1 aromatic heterocycles. The first kappa shape index (κ1) is 31.8. The molecule has 0 aliphatic carbocycles. The summed E-state index contributed by atoms with van der Waals surface area (Å²) in [6.07, 6.45) is 0. The second-order valence-corrected chi connectivity index (χ2v) is 8.89. The number of guanidine groups is 1. The number of para-hydroxylation sites is 1. The Balaban J connectivity index is 1.87. The summed E-state index contributed by atoms with van der Waals surface area (Å²) < 4.78 is 64.8. The van der Waals surface area contributed by atoms with Crippen molar-refractivity contribution in [3.05, 3.63) is 83.4 Å². The van der Waals surface area contributed by atoms with Crippen LogP contribution in [0.3, 0.4) is 0 Å². The first-order chi connectivity index (χ1) is 21.6. The Morgan fingerprint density at radius 1 is 0.844 bits per heavy atom. The first-order valence-corrected chi connectivity index (χ1v) is 13.1. The van der Waals surface area contributed by atoms with E-state index in [1.807, 2.05) is 0 Å². The number of hydrogen-bond acceptors (Lipinski definition) is 10. The van der Waals surface area contributed by atoms with Crippen molar-refractivity contribution in [1.29, 1.82) is 10.8 Å². The lowest BCUT2D eigenvalue weighted by atomic mass is 10.2. The van der Waals surface area contributed by atoms with Crippen LogP contribution in [0.5, 0.6) is 46.3 Å². The van der Waals surface area contributed by atoms with Gasteiger partial charge in [-0.05, 0) is 43.3 Å². The largest absolute Gasteiger partial charge is 0.493 e. The Kier molecular flexibility index (Phi) is 9.83. The number of nitrogen functional groups attached to an aromatic ring is 1. The van der Waals surface area contributed by atoms with E-state index in [4.69, 9.17) is 50.7 Å². The van der Waals surface area contributed by atoms with E-state index >= 15 is 8.78 Å². The molecule has 0 saturated carbocycles. The number of carbonyl (C=O) groups is 1. The molecule has 7 N–H and O–H groups in total. The Bertz CT molecular complexity index is 1740. The molecule has 4 aromatic rings. The third-order valence-corrected chi connectivity index (χ3v) is 5.86. The van der Waals surface area contributed by atoms with Gasteiger partial charge in [0.1, 0.15) is 17.3 Å². The molecule has 0 aliphatic heterocycles. The minimum absolute atomic E-state index is 0.0224. The fourth-order valence-corrected chi connectivity index (χ4v) is 3.91. The maximum absolute atomic E-state index is 16.0. The SMILES string of the molecule is CCOC(=O)c1cc(OC)c(Oc2c(F)c(Oc3cccc(NC(=N)N)c3)nc(Oc3ccccc3C(=N)N)c2F)c(OC)c1. The zero-order valence-electron chi connectivity index (χ0n) is 24.2. The van der Waals surface area contributed by atoms with Crippen molar-refractivity contribution in [2.75, 3.05) is 26.1 Å². The standard InChI is InChI=1S/C30H28F2N6O7/c1-4-42-29(39)15-12-20(40-2)24(21(13-15)41-3)45-25-22(31)27(43-17-9-7-8-16(14-17)37-30(35)36)38-28(23(25)32)44-19-11-6-5-10-18(19)26(33)34/h5-14H,4H2,1-3H3,(H3,33,34)(H4,35,36,37). The smallest absolute Gasteiger partial charge is 0.338 e. The molecule has 0 unspecified atom stereocenters. The van der Waals surface area contributed by atoms with Gasteiger partial charge in [-0.1, -0.05) is 18.2 Å². The number of pyridine rings is 1. The number of esters is 1. The van der Waals surface area contributed by atoms with E-state index in [1.54, 1.807) is 25.1 Å². The van der Waals surface area contributed by atoms with Crippen molar-refractivity contribution in [3.63, 3.8) is 0 Å². The molecule has 0 amide bonds. The number of nitrogens with one attached hydrogen (secondary N) is 3. The number of ether oxygens (including phenoxy) is 6. The van der Waals surface area contributed by atoms with Crippen LogP contribution >= 0.6 is 0 Å². The van der Waals surface area contributed by atoms with Crippen LogP contribution < -0.4 is 40.5 Å². The number of benzene rings is 3. The van der Waals surface area contributed by atoms with Crippen LogP contribution in [-0.2, 0) is 4.74 Å². The topological polar surface area (TPSA) is 197 Å². The molecule has 0 fully saturated rings. The monoisotopic (exact) mass is 622 g/mol. The molecule has 3 aromatic carbocycles. The molecule has 15 heteroatoms. The molecule has 234 valence electrons. The van der Waals surface area contributed by atoms with Gasteiger partial charge in [-0.15, -0.1) is 0 Å². The summed E-state index contributed by atoms with van der Waals surface area (Å²) in [6.45, 7) is 1.73. The maximum atomic E-state index is 16.0. The number of methoxy groups -OCH3 is 2. The van der Waals surface area contributed by atoms with E-state index in [1.165, 1.54) is 56.7 Å². The van der Waals surface area contributed by atoms with Gasteiger partial charge in [0.05, 0.1) is 32.0 Å². The average Bonchev–Trinajstić information content (AvgIpc) is 3.01. The highest BCUT2D eigenvalue weighted by Gasteiger charge is 2.29. The van der Waals surface area contributed by atoms with Crippen molar-refractivity contribution in [2.24, 2.45) is 11.5 Å². The third kappa shape index (κ3) is 7.27. The van der Waals surface area contributed by atoms with E-state index in [0.717, 1.165) is 0 Å². The molecule has 4 rings (SSSR count). The fraction of sp³-hybridized carbons (Fsp3) is 0.133. The Labute approximate surface area is 255 Å². The van der Waals surface area contributed by atoms with Crippen LogP contribution in [0.15, 0.2) is 60.7 Å². The number of nitrogens with zero attached hydrogens (tertiary/aromatic N) is 1. The van der Waals surface area contributed by atoms with Gasteiger partial charge in [0.25, 0.3) is 11.8 Å². The second-order valence-electron chi connectivity index (χ2n) is 8.89. The number of anilines is 1. The van der Waals surface area contributed by atoms with Crippen LogP contribution in [-0.4, -0.2) is 43.6 Å². The molecular formula is C30H28F2N6O7. The zero-order valence-corrected chi connectivity index (χ0v) is 24.2. The summed E-state index contributed by atoms with van der Waals surface area (Å²) in [7, 11) is 2.50. The number of carbonyl (C=O) groups excluding carboxylic acids is 1. The minimum Gasteiger partial charge on any atom is -0.493 e. The molecule has 0 bridgehead atoms. The summed E-state index contributed by atoms with van der Waals surface area (Å²) in [5.74, 6) is -7.42. The first-order valence-electron chi connectivity index (χ1n) is 13.1. The van der Waals surface area contributed by atoms with Gasteiger partial charge in [-0.2, -0.15) is 13.8 Å². The fourth-order valence-electron chi connectivity index (χ4n) is 3.91. The van der Waals surface area contributed by atoms with Crippen molar-refractivity contribution < 1.29 is 42.0 Å².